The van der Waals surface area contributed by atoms with E-state index in [4.69, 9.17) is 4.74 Å². The van der Waals surface area contributed by atoms with Crippen LogP contribution in [0.2, 0.25) is 0 Å². The van der Waals surface area contributed by atoms with Crippen LogP contribution in [0.1, 0.15) is 41.5 Å². The highest BCUT2D eigenvalue weighted by molar-refractivity contribution is 5.89. The second kappa shape index (κ2) is 8.08. The molecule has 2 rings (SSSR count). The lowest BCUT2D eigenvalue weighted by Crippen LogP contribution is -2.31. The van der Waals surface area contributed by atoms with E-state index in [1.165, 1.54) is 17.8 Å². The first kappa shape index (κ1) is 16.7. The minimum absolute atomic E-state index is 0.151. The van der Waals surface area contributed by atoms with Gasteiger partial charge in [0.15, 0.2) is 6.61 Å². The molecule has 1 heterocycles. The summed E-state index contributed by atoms with van der Waals surface area (Å²) in [6.07, 6.45) is 2.48. The first-order chi connectivity index (χ1) is 11.1. The summed E-state index contributed by atoms with van der Waals surface area (Å²) in [5, 5.41) is 2.80. The number of esters is 1. The number of rotatable bonds is 6. The predicted octanol–water partition coefficient (Wildman–Crippen LogP) is 2.68. The van der Waals surface area contributed by atoms with Crippen molar-refractivity contribution in [2.75, 3.05) is 6.61 Å². The molecule has 0 spiro atoms. The van der Waals surface area contributed by atoms with E-state index in [1.807, 2.05) is 31.2 Å². The van der Waals surface area contributed by atoms with Crippen molar-refractivity contribution in [1.82, 2.24) is 10.3 Å². The smallest absolute Gasteiger partial charge is 0.357 e. The van der Waals surface area contributed by atoms with Crippen molar-refractivity contribution < 1.29 is 14.3 Å². The summed E-state index contributed by atoms with van der Waals surface area (Å²) in [7, 11) is 0. The van der Waals surface area contributed by atoms with Crippen molar-refractivity contribution in [3.63, 3.8) is 0 Å². The quantitative estimate of drug-likeness (QED) is 0.833. The van der Waals surface area contributed by atoms with Gasteiger partial charge in [0.05, 0.1) is 6.04 Å². The molecule has 1 amide bonds. The maximum Gasteiger partial charge on any atom is 0.357 e. The summed E-state index contributed by atoms with van der Waals surface area (Å²) >= 11 is 0. The van der Waals surface area contributed by atoms with E-state index >= 15 is 0 Å². The standard InChI is InChI=1S/C18H20N2O3/c1-3-14-7-9-15(10-8-14)13(2)20-17(21)12-23-18(22)16-6-4-5-11-19-16/h4-11,13H,3,12H2,1-2H3,(H,20,21)/t13-/m1/s1. The Morgan fingerprint density at radius 3 is 2.52 bits per heavy atom. The summed E-state index contributed by atoms with van der Waals surface area (Å²) in [5.41, 5.74) is 2.44. The number of aryl methyl sites for hydroxylation is 1. The molecule has 1 atom stereocenters. The van der Waals surface area contributed by atoms with Crippen molar-refractivity contribution in [3.8, 4) is 0 Å². The van der Waals surface area contributed by atoms with Crippen LogP contribution in [0.15, 0.2) is 48.7 Å². The number of benzene rings is 1. The van der Waals surface area contributed by atoms with Crippen molar-refractivity contribution >= 4 is 11.9 Å². The Morgan fingerprint density at radius 2 is 1.91 bits per heavy atom. The number of carbonyl (C=O) groups excluding carboxylic acids is 2. The fourth-order valence-electron chi connectivity index (χ4n) is 2.10. The van der Waals surface area contributed by atoms with E-state index < -0.39 is 5.97 Å². The number of amides is 1. The largest absolute Gasteiger partial charge is 0.451 e. The molecule has 0 bridgehead atoms. The van der Waals surface area contributed by atoms with Gasteiger partial charge in [0, 0.05) is 6.20 Å². The third-order valence-corrected chi connectivity index (χ3v) is 3.47. The van der Waals surface area contributed by atoms with Crippen LogP contribution in [0.3, 0.4) is 0 Å². The van der Waals surface area contributed by atoms with Gasteiger partial charge in [0.25, 0.3) is 5.91 Å². The molecule has 0 fully saturated rings. The molecular weight excluding hydrogens is 292 g/mol. The summed E-state index contributed by atoms with van der Waals surface area (Å²) in [4.78, 5) is 27.5. The number of nitrogens with zero attached hydrogens (tertiary/aromatic N) is 1. The minimum atomic E-state index is -0.610. The molecule has 5 heteroatoms. The highest BCUT2D eigenvalue weighted by atomic mass is 16.5. The van der Waals surface area contributed by atoms with Crippen LogP contribution < -0.4 is 5.32 Å². The molecule has 0 unspecified atom stereocenters. The normalized spacial score (nSPS) is 11.6. The lowest BCUT2D eigenvalue weighted by molar-refractivity contribution is -0.124. The van der Waals surface area contributed by atoms with Crippen LogP contribution in [0.5, 0.6) is 0 Å². The zero-order valence-corrected chi connectivity index (χ0v) is 13.3. The SMILES string of the molecule is CCc1ccc([C@@H](C)NC(=O)COC(=O)c2ccccn2)cc1. The van der Waals surface area contributed by atoms with Crippen LogP contribution in [-0.4, -0.2) is 23.5 Å². The molecule has 5 nitrogen and oxygen atoms in total. The molecule has 0 aliphatic rings. The van der Waals surface area contributed by atoms with E-state index in [0.717, 1.165) is 12.0 Å². The number of hydrogen-bond donors (Lipinski definition) is 1. The fraction of sp³-hybridized carbons (Fsp3) is 0.278. The highest BCUT2D eigenvalue weighted by Crippen LogP contribution is 2.13. The molecule has 120 valence electrons. The van der Waals surface area contributed by atoms with Crippen molar-refractivity contribution in [2.24, 2.45) is 0 Å². The van der Waals surface area contributed by atoms with Gasteiger partial charge < -0.3 is 10.1 Å². The average Bonchev–Trinajstić information content (AvgIpc) is 2.60. The minimum Gasteiger partial charge on any atom is -0.451 e. The Labute approximate surface area is 135 Å². The molecule has 0 saturated carbocycles. The van der Waals surface area contributed by atoms with E-state index in [-0.39, 0.29) is 24.2 Å². The van der Waals surface area contributed by atoms with Crippen LogP contribution >= 0.6 is 0 Å². The number of pyridine rings is 1. The molecular formula is C18H20N2O3. The molecule has 0 saturated heterocycles. The van der Waals surface area contributed by atoms with Crippen LogP contribution in [0.25, 0.3) is 0 Å². The van der Waals surface area contributed by atoms with E-state index in [2.05, 4.69) is 17.2 Å². The third kappa shape index (κ3) is 4.92. The first-order valence-electron chi connectivity index (χ1n) is 7.56. The molecule has 0 radical (unpaired) electrons. The summed E-state index contributed by atoms with van der Waals surface area (Å²) in [6, 6.07) is 12.8. The Morgan fingerprint density at radius 1 is 1.17 bits per heavy atom. The van der Waals surface area contributed by atoms with Crippen molar-refractivity contribution in [1.29, 1.82) is 0 Å². The van der Waals surface area contributed by atoms with Crippen molar-refractivity contribution in [2.45, 2.75) is 26.3 Å². The first-order valence-corrected chi connectivity index (χ1v) is 7.56. The molecule has 0 aliphatic heterocycles. The van der Waals surface area contributed by atoms with Gasteiger partial charge in [-0.25, -0.2) is 9.78 Å². The molecule has 1 aromatic carbocycles. The predicted molar refractivity (Wildman–Crippen MR) is 86.9 cm³/mol. The number of ether oxygens (including phenoxy) is 1. The van der Waals surface area contributed by atoms with Gasteiger partial charge in [0.2, 0.25) is 0 Å². The lowest BCUT2D eigenvalue weighted by atomic mass is 10.1. The van der Waals surface area contributed by atoms with E-state index in [9.17, 15) is 9.59 Å². The second-order valence-corrected chi connectivity index (χ2v) is 5.18. The monoisotopic (exact) mass is 312 g/mol. The van der Waals surface area contributed by atoms with Gasteiger partial charge >= 0.3 is 5.97 Å². The zero-order valence-electron chi connectivity index (χ0n) is 13.3. The number of nitrogens with one attached hydrogen (secondary N) is 1. The van der Waals surface area contributed by atoms with Gasteiger partial charge in [-0.2, -0.15) is 0 Å². The van der Waals surface area contributed by atoms with Crippen LogP contribution in [0, 0.1) is 0 Å². The maximum absolute atomic E-state index is 11.9. The average molecular weight is 312 g/mol. The molecule has 2 aromatic rings. The lowest BCUT2D eigenvalue weighted by Gasteiger charge is -2.14. The summed E-state index contributed by atoms with van der Waals surface area (Å²) < 4.78 is 4.95. The third-order valence-electron chi connectivity index (χ3n) is 3.47. The van der Waals surface area contributed by atoms with Crippen molar-refractivity contribution in [3.05, 3.63) is 65.5 Å². The molecule has 23 heavy (non-hydrogen) atoms. The maximum atomic E-state index is 11.9. The Hall–Kier alpha value is -2.69. The van der Waals surface area contributed by atoms with Crippen LogP contribution in [0.4, 0.5) is 0 Å². The van der Waals surface area contributed by atoms with Gasteiger partial charge in [-0.3, -0.25) is 4.79 Å². The molecule has 0 aliphatic carbocycles. The Kier molecular flexibility index (Phi) is 5.86. The van der Waals surface area contributed by atoms with E-state index in [1.54, 1.807) is 12.1 Å². The van der Waals surface area contributed by atoms with Gasteiger partial charge in [-0.1, -0.05) is 37.3 Å². The second-order valence-electron chi connectivity index (χ2n) is 5.18. The number of carbonyl (C=O) groups is 2. The van der Waals surface area contributed by atoms with Gasteiger partial charge in [0.1, 0.15) is 5.69 Å². The Balaban J connectivity index is 1.83. The topological polar surface area (TPSA) is 68.3 Å². The van der Waals surface area contributed by atoms with Gasteiger partial charge in [-0.15, -0.1) is 0 Å². The summed E-state index contributed by atoms with van der Waals surface area (Å²) in [6.45, 7) is 3.66. The highest BCUT2D eigenvalue weighted by Gasteiger charge is 2.13. The molecule has 1 N–H and O–H groups in total. The zero-order chi connectivity index (χ0) is 16.7. The fourth-order valence-corrected chi connectivity index (χ4v) is 2.10. The van der Waals surface area contributed by atoms with Gasteiger partial charge in [-0.05, 0) is 36.6 Å². The van der Waals surface area contributed by atoms with E-state index in [0.29, 0.717) is 0 Å². The Bertz CT molecular complexity index is 654. The molecule has 1 aromatic heterocycles. The van der Waals surface area contributed by atoms with Crippen LogP contribution in [-0.2, 0) is 16.0 Å². The number of aromatic nitrogens is 1. The number of hydrogen-bond acceptors (Lipinski definition) is 4. The summed E-state index contributed by atoms with van der Waals surface area (Å²) in [5.74, 6) is -0.956.